The molecule has 0 aromatic heterocycles. The van der Waals surface area contributed by atoms with Crippen LogP contribution >= 0.6 is 0 Å². The average molecular weight is 327 g/mol. The predicted octanol–water partition coefficient (Wildman–Crippen LogP) is 4.50. The maximum absolute atomic E-state index is 4.71. The first-order chi connectivity index (χ1) is 12.3. The lowest BCUT2D eigenvalue weighted by molar-refractivity contribution is 0.760. The van der Waals surface area contributed by atoms with Crippen LogP contribution in [-0.4, -0.2) is 25.3 Å². The number of aliphatic imine (C=N–C) groups is 2. The topological polar surface area (TPSA) is 28.0 Å². The third-order valence-corrected chi connectivity index (χ3v) is 4.83. The van der Waals surface area contributed by atoms with E-state index in [2.05, 4.69) is 89.7 Å². The van der Waals surface area contributed by atoms with Gasteiger partial charge in [0, 0.05) is 24.2 Å². The molecule has 0 amide bonds. The highest BCUT2D eigenvalue weighted by Crippen LogP contribution is 2.42. The summed E-state index contributed by atoms with van der Waals surface area (Å²) in [7, 11) is 1.79. The van der Waals surface area contributed by atoms with E-state index in [1.54, 1.807) is 7.05 Å². The highest BCUT2D eigenvalue weighted by molar-refractivity contribution is 6.05. The number of fused-ring (bicyclic) bond motifs is 3. The zero-order valence-electron chi connectivity index (χ0n) is 14.5. The Bertz CT molecular complexity index is 888. The van der Waals surface area contributed by atoms with Gasteiger partial charge in [0.25, 0.3) is 0 Å². The molecule has 124 valence electrons. The minimum absolute atomic E-state index is 0.280. The summed E-state index contributed by atoms with van der Waals surface area (Å²) in [5.41, 5.74) is 4.84. The van der Waals surface area contributed by atoms with Crippen molar-refractivity contribution in [1.29, 1.82) is 0 Å². The fourth-order valence-electron chi connectivity index (χ4n) is 3.53. The maximum atomic E-state index is 4.71. The van der Waals surface area contributed by atoms with E-state index in [9.17, 15) is 0 Å². The van der Waals surface area contributed by atoms with Crippen LogP contribution < -0.4 is 4.90 Å². The molecule has 3 nitrogen and oxygen atoms in total. The second-order valence-corrected chi connectivity index (χ2v) is 6.41. The second-order valence-electron chi connectivity index (χ2n) is 6.41. The third kappa shape index (κ3) is 2.82. The van der Waals surface area contributed by atoms with Crippen LogP contribution in [0, 0.1) is 6.92 Å². The lowest BCUT2D eigenvalue weighted by atomic mass is 9.92. The standard InChI is InChI=1S/C22H21N3/c1-16-11-13-17(14-12-16)22(23-2)24-15-25-20-9-5-3-7-18(20)19-8-4-6-10-21(19)25/h3-15,18,20H,1-2H3. The summed E-state index contributed by atoms with van der Waals surface area (Å²) in [4.78, 5) is 11.3. The van der Waals surface area contributed by atoms with Crippen LogP contribution in [-0.2, 0) is 0 Å². The lowest BCUT2D eigenvalue weighted by Gasteiger charge is -2.24. The Morgan fingerprint density at radius 3 is 2.56 bits per heavy atom. The molecule has 0 spiro atoms. The van der Waals surface area contributed by atoms with Crippen molar-refractivity contribution < 1.29 is 0 Å². The van der Waals surface area contributed by atoms with Crippen molar-refractivity contribution in [1.82, 2.24) is 0 Å². The molecule has 0 radical (unpaired) electrons. The van der Waals surface area contributed by atoms with E-state index in [1.165, 1.54) is 16.8 Å². The van der Waals surface area contributed by atoms with E-state index in [1.807, 2.05) is 6.34 Å². The van der Waals surface area contributed by atoms with Gasteiger partial charge in [-0.1, -0.05) is 72.3 Å². The van der Waals surface area contributed by atoms with Crippen LogP contribution in [0.25, 0.3) is 0 Å². The Labute approximate surface area is 148 Å². The molecule has 4 rings (SSSR count). The molecule has 25 heavy (non-hydrogen) atoms. The van der Waals surface area contributed by atoms with Gasteiger partial charge in [-0.2, -0.15) is 0 Å². The van der Waals surface area contributed by atoms with E-state index >= 15 is 0 Å². The van der Waals surface area contributed by atoms with Crippen molar-refractivity contribution in [2.75, 3.05) is 11.9 Å². The van der Waals surface area contributed by atoms with Gasteiger partial charge < -0.3 is 4.90 Å². The Kier molecular flexibility index (Phi) is 4.06. The summed E-state index contributed by atoms with van der Waals surface area (Å²) in [5.74, 6) is 1.13. The van der Waals surface area contributed by atoms with E-state index in [-0.39, 0.29) is 6.04 Å². The number of rotatable bonds is 2. The van der Waals surface area contributed by atoms with Crippen LogP contribution in [0.5, 0.6) is 0 Å². The average Bonchev–Trinajstić information content (AvgIpc) is 2.98. The van der Waals surface area contributed by atoms with E-state index in [0.717, 1.165) is 11.4 Å². The molecular weight excluding hydrogens is 306 g/mol. The first kappa shape index (κ1) is 15.6. The molecular formula is C22H21N3. The Balaban J connectivity index is 1.67. The molecule has 1 heterocycles. The van der Waals surface area contributed by atoms with Crippen LogP contribution in [0.1, 0.15) is 22.6 Å². The third-order valence-electron chi connectivity index (χ3n) is 4.83. The van der Waals surface area contributed by atoms with Crippen LogP contribution in [0.15, 0.2) is 82.8 Å². The number of hydrogen-bond donors (Lipinski definition) is 0. The zero-order valence-corrected chi connectivity index (χ0v) is 14.5. The monoisotopic (exact) mass is 327 g/mol. The molecule has 0 fully saturated rings. The van der Waals surface area contributed by atoms with Crippen molar-refractivity contribution >= 4 is 17.9 Å². The molecule has 2 aliphatic rings. The largest absolute Gasteiger partial charge is 0.324 e. The predicted molar refractivity (Wildman–Crippen MR) is 106 cm³/mol. The minimum atomic E-state index is 0.280. The number of aryl methyl sites for hydroxylation is 1. The molecule has 2 aromatic carbocycles. The van der Waals surface area contributed by atoms with Gasteiger partial charge in [-0.25, -0.2) is 4.99 Å². The number of anilines is 1. The molecule has 2 atom stereocenters. The molecule has 0 N–H and O–H groups in total. The summed E-state index contributed by atoms with van der Waals surface area (Å²) < 4.78 is 0. The van der Waals surface area contributed by atoms with Crippen molar-refractivity contribution in [3.05, 3.63) is 89.5 Å². The van der Waals surface area contributed by atoms with E-state index < -0.39 is 0 Å². The van der Waals surface area contributed by atoms with Crippen LogP contribution in [0.2, 0.25) is 0 Å². The zero-order chi connectivity index (χ0) is 17.2. The summed E-state index contributed by atoms with van der Waals surface area (Å²) in [6, 6.07) is 17.2. The van der Waals surface area contributed by atoms with Gasteiger partial charge in [0.15, 0.2) is 5.84 Å². The Morgan fingerprint density at radius 1 is 1.00 bits per heavy atom. The first-order valence-electron chi connectivity index (χ1n) is 8.58. The van der Waals surface area contributed by atoms with Crippen LogP contribution in [0.4, 0.5) is 5.69 Å². The Hall–Kier alpha value is -2.94. The SMILES string of the molecule is CN=C(N=CN1c2ccccc2C2C=CC=CC21)c1ccc(C)cc1. The van der Waals surface area contributed by atoms with Crippen LogP contribution in [0.3, 0.4) is 0 Å². The number of amidine groups is 1. The number of nitrogens with zero attached hydrogens (tertiary/aromatic N) is 3. The number of benzene rings is 2. The van der Waals surface area contributed by atoms with Gasteiger partial charge in [-0.05, 0) is 18.6 Å². The van der Waals surface area contributed by atoms with Crippen molar-refractivity contribution in [2.24, 2.45) is 9.98 Å². The van der Waals surface area contributed by atoms with Gasteiger partial charge >= 0.3 is 0 Å². The first-order valence-corrected chi connectivity index (χ1v) is 8.58. The van der Waals surface area contributed by atoms with Gasteiger partial charge in [-0.15, -0.1) is 0 Å². The quantitative estimate of drug-likeness (QED) is 0.589. The fourth-order valence-corrected chi connectivity index (χ4v) is 3.53. The summed E-state index contributed by atoms with van der Waals surface area (Å²) in [5, 5.41) is 0. The summed E-state index contributed by atoms with van der Waals surface area (Å²) in [6.45, 7) is 2.08. The second kappa shape index (κ2) is 6.52. The summed E-state index contributed by atoms with van der Waals surface area (Å²) >= 11 is 0. The molecule has 2 aromatic rings. The van der Waals surface area contributed by atoms with E-state index in [0.29, 0.717) is 5.92 Å². The van der Waals surface area contributed by atoms with Crippen molar-refractivity contribution in [3.8, 4) is 0 Å². The maximum Gasteiger partial charge on any atom is 0.156 e. The lowest BCUT2D eigenvalue weighted by Crippen LogP contribution is -2.31. The molecule has 1 aliphatic heterocycles. The van der Waals surface area contributed by atoms with Gasteiger partial charge in [-0.3, -0.25) is 4.99 Å². The van der Waals surface area contributed by atoms with Gasteiger partial charge in [0.1, 0.15) is 0 Å². The summed E-state index contributed by atoms with van der Waals surface area (Å²) in [6.07, 6.45) is 10.7. The molecule has 2 unspecified atom stereocenters. The highest BCUT2D eigenvalue weighted by atomic mass is 15.2. The molecule has 0 bridgehead atoms. The van der Waals surface area contributed by atoms with Crippen molar-refractivity contribution in [3.63, 3.8) is 0 Å². The fraction of sp³-hybridized carbons (Fsp3) is 0.182. The van der Waals surface area contributed by atoms with Gasteiger partial charge in [0.05, 0.1) is 12.4 Å². The van der Waals surface area contributed by atoms with Crippen molar-refractivity contribution in [2.45, 2.75) is 18.9 Å². The number of allylic oxidation sites excluding steroid dienone is 2. The molecule has 1 aliphatic carbocycles. The minimum Gasteiger partial charge on any atom is -0.324 e. The molecule has 0 saturated carbocycles. The number of hydrogen-bond acceptors (Lipinski definition) is 1. The highest BCUT2D eigenvalue weighted by Gasteiger charge is 2.35. The molecule has 3 heteroatoms. The normalized spacial score (nSPS) is 21.7. The number of para-hydroxylation sites is 1. The Morgan fingerprint density at radius 2 is 1.76 bits per heavy atom. The van der Waals surface area contributed by atoms with E-state index in [4.69, 9.17) is 4.99 Å². The molecule has 0 saturated heterocycles. The van der Waals surface area contributed by atoms with Gasteiger partial charge in [0.2, 0.25) is 0 Å². The smallest absolute Gasteiger partial charge is 0.156 e.